The van der Waals surface area contributed by atoms with Gasteiger partial charge in [0.25, 0.3) is 0 Å². The maximum Gasteiger partial charge on any atom is 0.123 e. The molecule has 0 spiro atoms. The van der Waals surface area contributed by atoms with Crippen molar-refractivity contribution in [2.24, 2.45) is 5.73 Å². The van der Waals surface area contributed by atoms with Crippen LogP contribution in [0.15, 0.2) is 24.3 Å². The summed E-state index contributed by atoms with van der Waals surface area (Å²) in [5, 5.41) is 9.12. The molecular weight excluding hydrogens is 157 g/mol. The molecular formula is C9H12FNO. The van der Waals surface area contributed by atoms with Gasteiger partial charge in [0.15, 0.2) is 0 Å². The van der Waals surface area contributed by atoms with Crippen molar-refractivity contribution >= 4 is 0 Å². The molecule has 0 fully saturated rings. The largest absolute Gasteiger partial charge is 0.391 e. The first-order chi connectivity index (χ1) is 5.61. The summed E-state index contributed by atoms with van der Waals surface area (Å²) in [6.07, 6.45) is -0.615. The van der Waals surface area contributed by atoms with Gasteiger partial charge < -0.3 is 10.8 Å². The van der Waals surface area contributed by atoms with Crippen LogP contribution in [0.5, 0.6) is 0 Å². The maximum atomic E-state index is 12.4. The average Bonchev–Trinajstić information content (AvgIpc) is 2.04. The molecule has 1 aromatic carbocycles. The van der Waals surface area contributed by atoms with Crippen LogP contribution in [0.25, 0.3) is 0 Å². The standard InChI is InChI=1S/C9H12FNO/c1-6(12)9(11)7-2-4-8(10)5-3-7/h2-6,9,12H,11H2,1H3/t6-,9-/m0/s1. The monoisotopic (exact) mass is 169 g/mol. The third-order valence-electron chi connectivity index (χ3n) is 1.77. The van der Waals surface area contributed by atoms with Crippen LogP contribution in [0.3, 0.4) is 0 Å². The second-order valence-electron chi connectivity index (χ2n) is 2.82. The Bertz CT molecular complexity index is 245. The summed E-state index contributed by atoms with van der Waals surface area (Å²) in [5.41, 5.74) is 6.36. The predicted octanol–water partition coefficient (Wildman–Crippen LogP) is 1.21. The number of hydrogen-bond donors (Lipinski definition) is 2. The van der Waals surface area contributed by atoms with Crippen molar-refractivity contribution in [3.63, 3.8) is 0 Å². The lowest BCUT2D eigenvalue weighted by Crippen LogP contribution is -2.22. The van der Waals surface area contributed by atoms with Gasteiger partial charge in [-0.1, -0.05) is 12.1 Å². The quantitative estimate of drug-likeness (QED) is 0.699. The first-order valence-electron chi connectivity index (χ1n) is 3.80. The fourth-order valence-corrected chi connectivity index (χ4v) is 0.964. The minimum Gasteiger partial charge on any atom is -0.391 e. The van der Waals surface area contributed by atoms with Gasteiger partial charge in [-0.3, -0.25) is 0 Å². The van der Waals surface area contributed by atoms with E-state index in [-0.39, 0.29) is 5.82 Å². The van der Waals surface area contributed by atoms with E-state index in [2.05, 4.69) is 0 Å². The molecule has 0 aromatic heterocycles. The van der Waals surface area contributed by atoms with E-state index in [0.29, 0.717) is 0 Å². The van der Waals surface area contributed by atoms with Crippen molar-refractivity contribution in [2.75, 3.05) is 0 Å². The second-order valence-corrected chi connectivity index (χ2v) is 2.82. The van der Waals surface area contributed by atoms with Crippen LogP contribution >= 0.6 is 0 Å². The van der Waals surface area contributed by atoms with Crippen molar-refractivity contribution in [2.45, 2.75) is 19.1 Å². The Kier molecular flexibility index (Phi) is 2.78. The topological polar surface area (TPSA) is 46.2 Å². The molecule has 0 radical (unpaired) electrons. The zero-order valence-electron chi connectivity index (χ0n) is 6.87. The molecule has 1 aromatic rings. The van der Waals surface area contributed by atoms with Crippen molar-refractivity contribution < 1.29 is 9.50 Å². The number of nitrogens with two attached hydrogens (primary N) is 1. The highest BCUT2D eigenvalue weighted by atomic mass is 19.1. The SMILES string of the molecule is C[C@H](O)[C@H](N)c1ccc(F)cc1. The van der Waals surface area contributed by atoms with Crippen LogP contribution in [0.2, 0.25) is 0 Å². The Balaban J connectivity index is 2.82. The summed E-state index contributed by atoms with van der Waals surface area (Å²) in [4.78, 5) is 0. The zero-order chi connectivity index (χ0) is 9.14. The zero-order valence-corrected chi connectivity index (χ0v) is 6.87. The lowest BCUT2D eigenvalue weighted by Gasteiger charge is -2.14. The van der Waals surface area contributed by atoms with E-state index >= 15 is 0 Å². The van der Waals surface area contributed by atoms with Gasteiger partial charge in [0.05, 0.1) is 12.1 Å². The van der Waals surface area contributed by atoms with Crippen molar-refractivity contribution in [3.05, 3.63) is 35.6 Å². The van der Waals surface area contributed by atoms with E-state index in [1.165, 1.54) is 12.1 Å². The minimum absolute atomic E-state index is 0.295. The van der Waals surface area contributed by atoms with E-state index in [1.807, 2.05) is 0 Å². The van der Waals surface area contributed by atoms with Crippen LogP contribution in [0.4, 0.5) is 4.39 Å². The number of hydrogen-bond acceptors (Lipinski definition) is 2. The summed E-state index contributed by atoms with van der Waals surface area (Å²) < 4.78 is 12.4. The fourth-order valence-electron chi connectivity index (χ4n) is 0.964. The highest BCUT2D eigenvalue weighted by molar-refractivity contribution is 5.20. The van der Waals surface area contributed by atoms with Gasteiger partial charge in [-0.05, 0) is 24.6 Å². The number of aliphatic hydroxyl groups excluding tert-OH is 1. The lowest BCUT2D eigenvalue weighted by molar-refractivity contribution is 0.164. The highest BCUT2D eigenvalue weighted by Crippen LogP contribution is 2.13. The van der Waals surface area contributed by atoms with Gasteiger partial charge in [-0.15, -0.1) is 0 Å². The lowest BCUT2D eigenvalue weighted by atomic mass is 10.0. The van der Waals surface area contributed by atoms with E-state index in [1.54, 1.807) is 19.1 Å². The molecule has 0 amide bonds. The van der Waals surface area contributed by atoms with Gasteiger partial charge >= 0.3 is 0 Å². The normalized spacial score (nSPS) is 15.7. The molecule has 1 rings (SSSR count). The van der Waals surface area contributed by atoms with Crippen LogP contribution < -0.4 is 5.73 Å². The first-order valence-corrected chi connectivity index (χ1v) is 3.80. The average molecular weight is 169 g/mol. The third kappa shape index (κ3) is 2.03. The Morgan fingerprint density at radius 2 is 1.83 bits per heavy atom. The molecule has 0 bridgehead atoms. The van der Waals surface area contributed by atoms with Gasteiger partial charge in [0, 0.05) is 0 Å². The molecule has 2 atom stereocenters. The molecule has 0 aliphatic heterocycles. The number of rotatable bonds is 2. The van der Waals surface area contributed by atoms with Crippen LogP contribution in [0, 0.1) is 5.82 Å². The number of benzene rings is 1. The summed E-state index contributed by atoms with van der Waals surface area (Å²) in [6, 6.07) is 5.37. The molecule has 2 nitrogen and oxygen atoms in total. The van der Waals surface area contributed by atoms with Crippen molar-refractivity contribution in [1.82, 2.24) is 0 Å². The Hall–Kier alpha value is -0.930. The van der Waals surface area contributed by atoms with E-state index in [0.717, 1.165) is 5.56 Å². The predicted molar refractivity (Wildman–Crippen MR) is 45.0 cm³/mol. The summed E-state index contributed by atoms with van der Waals surface area (Å²) in [7, 11) is 0. The molecule has 0 saturated heterocycles. The van der Waals surface area contributed by atoms with Gasteiger partial charge in [0.2, 0.25) is 0 Å². The summed E-state index contributed by atoms with van der Waals surface area (Å²) in [5.74, 6) is -0.295. The van der Waals surface area contributed by atoms with Crippen molar-refractivity contribution in [1.29, 1.82) is 0 Å². The van der Waals surface area contributed by atoms with E-state index in [9.17, 15) is 4.39 Å². The van der Waals surface area contributed by atoms with Gasteiger partial charge in [-0.2, -0.15) is 0 Å². The van der Waals surface area contributed by atoms with E-state index in [4.69, 9.17) is 10.8 Å². The maximum absolute atomic E-state index is 12.4. The molecule has 3 heteroatoms. The number of aliphatic hydroxyl groups is 1. The molecule has 12 heavy (non-hydrogen) atoms. The molecule has 0 aliphatic rings. The molecule has 0 aliphatic carbocycles. The number of halogens is 1. The first kappa shape index (κ1) is 9.16. The Morgan fingerprint density at radius 1 is 1.33 bits per heavy atom. The Morgan fingerprint density at radius 3 is 2.25 bits per heavy atom. The van der Waals surface area contributed by atoms with Gasteiger partial charge in [-0.25, -0.2) is 4.39 Å². The molecule has 0 saturated carbocycles. The molecule has 0 heterocycles. The highest BCUT2D eigenvalue weighted by Gasteiger charge is 2.10. The van der Waals surface area contributed by atoms with Crippen LogP contribution in [-0.2, 0) is 0 Å². The van der Waals surface area contributed by atoms with Crippen LogP contribution in [-0.4, -0.2) is 11.2 Å². The van der Waals surface area contributed by atoms with Crippen molar-refractivity contribution in [3.8, 4) is 0 Å². The minimum atomic E-state index is -0.615. The molecule has 0 unspecified atom stereocenters. The van der Waals surface area contributed by atoms with Crippen LogP contribution in [0.1, 0.15) is 18.5 Å². The smallest absolute Gasteiger partial charge is 0.123 e. The Labute approximate surface area is 70.8 Å². The second kappa shape index (κ2) is 3.65. The van der Waals surface area contributed by atoms with E-state index < -0.39 is 12.1 Å². The molecule has 66 valence electrons. The molecule has 3 N–H and O–H groups in total. The summed E-state index contributed by atoms with van der Waals surface area (Å²) >= 11 is 0. The summed E-state index contributed by atoms with van der Waals surface area (Å²) in [6.45, 7) is 1.61. The fraction of sp³-hybridized carbons (Fsp3) is 0.333. The van der Waals surface area contributed by atoms with Gasteiger partial charge in [0.1, 0.15) is 5.82 Å². The third-order valence-corrected chi connectivity index (χ3v) is 1.77.